The molecule has 1 aliphatic heterocycles. The first-order chi connectivity index (χ1) is 13.1. The number of halogens is 1. The molecule has 0 radical (unpaired) electrons. The molecule has 0 unspecified atom stereocenters. The van der Waals surface area contributed by atoms with Gasteiger partial charge in [0, 0.05) is 37.8 Å². The van der Waals surface area contributed by atoms with Gasteiger partial charge in [-0.1, -0.05) is 17.7 Å². The van der Waals surface area contributed by atoms with E-state index in [0.29, 0.717) is 52.8 Å². The van der Waals surface area contributed by atoms with E-state index in [1.165, 1.54) is 17.5 Å². The van der Waals surface area contributed by atoms with Crippen LogP contribution in [0.3, 0.4) is 0 Å². The second-order valence-electron chi connectivity index (χ2n) is 6.10. The highest BCUT2D eigenvalue weighted by Crippen LogP contribution is 2.29. The van der Waals surface area contributed by atoms with Gasteiger partial charge in [0.1, 0.15) is 17.3 Å². The van der Waals surface area contributed by atoms with Crippen LogP contribution in [-0.4, -0.2) is 47.0 Å². The van der Waals surface area contributed by atoms with Gasteiger partial charge in [-0.05, 0) is 17.5 Å². The number of hydrogen-bond donors (Lipinski definition) is 1. The first-order valence-corrected chi connectivity index (χ1v) is 9.53. The summed E-state index contributed by atoms with van der Waals surface area (Å²) in [6.45, 7) is 2.03. The van der Waals surface area contributed by atoms with Crippen LogP contribution < -0.4 is 10.5 Å². The summed E-state index contributed by atoms with van der Waals surface area (Å²) < 4.78 is 0. The Morgan fingerprint density at radius 3 is 2.78 bits per heavy atom. The number of pyridine rings is 2. The largest absolute Gasteiger partial charge is 0.366 e. The average molecular weight is 400 g/mol. The Balaban J connectivity index is 1.68. The number of thiophene rings is 1. The van der Waals surface area contributed by atoms with Crippen LogP contribution in [0.4, 0.5) is 5.69 Å². The molecule has 0 saturated carbocycles. The molecular weight excluding hydrogens is 386 g/mol. The number of nitrogens with zero attached hydrogens (tertiary/aromatic N) is 4. The normalized spacial score (nSPS) is 14.4. The Hall–Kier alpha value is -2.89. The third-order valence-corrected chi connectivity index (χ3v) is 5.60. The molecule has 3 aromatic rings. The van der Waals surface area contributed by atoms with Crippen molar-refractivity contribution in [2.45, 2.75) is 0 Å². The topological polar surface area (TPSA) is 93.1 Å². The monoisotopic (exact) mass is 399 g/mol. The van der Waals surface area contributed by atoms with Crippen molar-refractivity contribution in [3.63, 3.8) is 0 Å². The van der Waals surface area contributed by atoms with Crippen molar-refractivity contribution in [3.05, 3.63) is 55.6 Å². The number of aromatic amines is 1. The molecule has 9 heteroatoms. The summed E-state index contributed by atoms with van der Waals surface area (Å²) >= 11 is 7.50. The smallest absolute Gasteiger partial charge is 0.269 e. The fraction of sp³-hybridized carbons (Fsp3) is 0.222. The summed E-state index contributed by atoms with van der Waals surface area (Å²) in [5.41, 5.74) is 0.460. The number of carbonyl (C=O) groups is 1. The van der Waals surface area contributed by atoms with Crippen LogP contribution in [0.25, 0.3) is 11.0 Å². The number of amides is 1. The maximum Gasteiger partial charge on any atom is 0.269 e. The number of anilines is 1. The van der Waals surface area contributed by atoms with E-state index < -0.39 is 5.56 Å². The summed E-state index contributed by atoms with van der Waals surface area (Å²) in [4.78, 5) is 36.1. The molecule has 1 saturated heterocycles. The lowest BCUT2D eigenvalue weighted by Gasteiger charge is -2.36. The predicted molar refractivity (Wildman–Crippen MR) is 105 cm³/mol. The highest BCUT2D eigenvalue weighted by atomic mass is 35.5. The van der Waals surface area contributed by atoms with Gasteiger partial charge >= 0.3 is 0 Å². The van der Waals surface area contributed by atoms with Crippen molar-refractivity contribution < 1.29 is 4.79 Å². The van der Waals surface area contributed by atoms with Gasteiger partial charge < -0.3 is 14.8 Å². The van der Waals surface area contributed by atoms with Gasteiger partial charge in [-0.25, -0.2) is 4.98 Å². The molecular formula is C18H14ClN5O2S. The molecule has 1 N–H and O–H groups in total. The molecule has 1 aliphatic rings. The van der Waals surface area contributed by atoms with E-state index >= 15 is 0 Å². The van der Waals surface area contributed by atoms with Gasteiger partial charge in [0.25, 0.3) is 11.5 Å². The number of fused-ring (bicyclic) bond motifs is 1. The molecule has 7 nitrogen and oxygen atoms in total. The van der Waals surface area contributed by atoms with Crippen LogP contribution in [-0.2, 0) is 0 Å². The van der Waals surface area contributed by atoms with Crippen LogP contribution in [0.5, 0.6) is 0 Å². The minimum absolute atomic E-state index is 0.00522. The Morgan fingerprint density at radius 2 is 2.11 bits per heavy atom. The summed E-state index contributed by atoms with van der Waals surface area (Å²) in [7, 11) is 0. The Labute approximate surface area is 163 Å². The van der Waals surface area contributed by atoms with Gasteiger partial charge in [0.15, 0.2) is 0 Å². The summed E-state index contributed by atoms with van der Waals surface area (Å²) in [5, 5.41) is 12.4. The quantitative estimate of drug-likeness (QED) is 0.714. The third kappa shape index (κ3) is 3.16. The summed E-state index contributed by atoms with van der Waals surface area (Å²) in [6, 6.07) is 7.35. The maximum atomic E-state index is 12.5. The van der Waals surface area contributed by atoms with Crippen LogP contribution >= 0.6 is 22.9 Å². The summed E-state index contributed by atoms with van der Waals surface area (Å²) in [6.07, 6.45) is 1.45. The number of nitrogens with one attached hydrogen (secondary N) is 1. The molecule has 3 aromatic heterocycles. The molecule has 0 spiro atoms. The zero-order valence-corrected chi connectivity index (χ0v) is 15.7. The third-order valence-electron chi connectivity index (χ3n) is 4.53. The van der Waals surface area contributed by atoms with E-state index in [1.807, 2.05) is 28.5 Å². The average Bonchev–Trinajstić information content (AvgIpc) is 3.22. The number of aromatic nitrogens is 2. The predicted octanol–water partition coefficient (Wildman–Crippen LogP) is 2.47. The molecule has 1 amide bonds. The molecule has 0 aromatic carbocycles. The molecule has 0 aliphatic carbocycles. The molecule has 4 rings (SSSR count). The van der Waals surface area contributed by atoms with Gasteiger partial charge in [-0.3, -0.25) is 9.59 Å². The Morgan fingerprint density at radius 1 is 1.33 bits per heavy atom. The van der Waals surface area contributed by atoms with E-state index in [0.717, 1.165) is 0 Å². The first kappa shape index (κ1) is 17.5. The van der Waals surface area contributed by atoms with Crippen molar-refractivity contribution in [1.29, 1.82) is 5.26 Å². The number of H-pyrrole nitrogens is 1. The SMILES string of the molecule is N#Cc1c(N2CCN(C(=O)c3cccs3)CC2)c2cc(Cl)cnc2[nH]c1=O. The number of rotatable bonds is 2. The van der Waals surface area contributed by atoms with Crippen molar-refractivity contribution >= 4 is 45.6 Å². The minimum atomic E-state index is -0.480. The zero-order valence-electron chi connectivity index (χ0n) is 14.1. The van der Waals surface area contributed by atoms with Gasteiger partial charge in [-0.2, -0.15) is 5.26 Å². The fourth-order valence-corrected chi connectivity index (χ4v) is 4.10. The fourth-order valence-electron chi connectivity index (χ4n) is 3.25. The number of piperazine rings is 1. The molecule has 136 valence electrons. The minimum Gasteiger partial charge on any atom is -0.366 e. The Bertz CT molecular complexity index is 1110. The number of hydrogen-bond acceptors (Lipinski definition) is 6. The molecule has 27 heavy (non-hydrogen) atoms. The summed E-state index contributed by atoms with van der Waals surface area (Å²) in [5.74, 6) is 0.00522. The van der Waals surface area contributed by atoms with Crippen molar-refractivity contribution in [2.24, 2.45) is 0 Å². The maximum absolute atomic E-state index is 12.5. The standard InChI is InChI=1S/C18H14ClN5O2S/c19-11-8-12-15(13(9-20)17(25)22-16(12)21-10-11)23-3-5-24(6-4-23)18(26)14-2-1-7-27-14/h1-2,7-8,10H,3-6H2,(H,21,22,25). The second-order valence-corrected chi connectivity index (χ2v) is 7.48. The molecule has 0 atom stereocenters. The van der Waals surface area contributed by atoms with Crippen molar-refractivity contribution in [3.8, 4) is 6.07 Å². The van der Waals surface area contributed by atoms with E-state index in [1.54, 1.807) is 11.0 Å². The molecule has 1 fully saturated rings. The highest BCUT2D eigenvalue weighted by molar-refractivity contribution is 7.12. The van der Waals surface area contributed by atoms with Crippen LogP contribution in [0.1, 0.15) is 15.2 Å². The van der Waals surface area contributed by atoms with E-state index in [2.05, 4.69) is 9.97 Å². The molecule has 0 bridgehead atoms. The van der Waals surface area contributed by atoms with Gasteiger partial charge in [0.2, 0.25) is 0 Å². The van der Waals surface area contributed by atoms with Gasteiger partial charge in [-0.15, -0.1) is 11.3 Å². The number of carbonyl (C=O) groups excluding carboxylic acids is 1. The van der Waals surface area contributed by atoms with E-state index in [9.17, 15) is 14.9 Å². The highest BCUT2D eigenvalue weighted by Gasteiger charge is 2.26. The van der Waals surface area contributed by atoms with Crippen molar-refractivity contribution in [1.82, 2.24) is 14.9 Å². The lowest BCUT2D eigenvalue weighted by Crippen LogP contribution is -2.49. The first-order valence-electron chi connectivity index (χ1n) is 8.28. The van der Waals surface area contributed by atoms with Crippen LogP contribution in [0, 0.1) is 11.3 Å². The van der Waals surface area contributed by atoms with E-state index in [-0.39, 0.29) is 11.5 Å². The second kappa shape index (κ2) is 7.02. The number of nitriles is 1. The zero-order chi connectivity index (χ0) is 19.0. The van der Waals surface area contributed by atoms with Gasteiger partial charge in [0.05, 0.1) is 15.6 Å². The Kier molecular flexibility index (Phi) is 4.56. The van der Waals surface area contributed by atoms with Crippen LogP contribution in [0.15, 0.2) is 34.6 Å². The lowest BCUT2D eigenvalue weighted by atomic mass is 10.1. The van der Waals surface area contributed by atoms with Crippen LogP contribution in [0.2, 0.25) is 5.02 Å². The van der Waals surface area contributed by atoms with E-state index in [4.69, 9.17) is 11.6 Å². The lowest BCUT2D eigenvalue weighted by molar-refractivity contribution is 0.0751. The molecule has 4 heterocycles. The van der Waals surface area contributed by atoms with Crippen molar-refractivity contribution in [2.75, 3.05) is 31.1 Å².